The first-order valence-electron chi connectivity index (χ1n) is 7.44. The number of piperidine rings is 1. The molecule has 3 rings (SSSR count). The topological polar surface area (TPSA) is 15.3 Å². The molecule has 2 nitrogen and oxygen atoms in total. The van der Waals surface area contributed by atoms with Crippen LogP contribution < -0.4 is 5.32 Å². The molecule has 18 heavy (non-hydrogen) atoms. The third-order valence-electron chi connectivity index (χ3n) is 4.61. The Morgan fingerprint density at radius 2 is 2.17 bits per heavy atom. The number of hydrogen-bond acceptors (Lipinski definition) is 2. The van der Waals surface area contributed by atoms with Crippen molar-refractivity contribution in [2.24, 2.45) is 0 Å². The second-order valence-electron chi connectivity index (χ2n) is 5.58. The van der Waals surface area contributed by atoms with Gasteiger partial charge in [-0.05, 0) is 49.9 Å². The second-order valence-corrected chi connectivity index (χ2v) is 5.58. The van der Waals surface area contributed by atoms with E-state index in [4.69, 9.17) is 0 Å². The summed E-state index contributed by atoms with van der Waals surface area (Å²) in [6.07, 6.45) is 5.26. The molecule has 2 atom stereocenters. The predicted molar refractivity (Wildman–Crippen MR) is 75.8 cm³/mol. The first-order chi connectivity index (χ1) is 8.90. The zero-order valence-electron chi connectivity index (χ0n) is 11.4. The number of rotatable bonds is 3. The van der Waals surface area contributed by atoms with Crippen molar-refractivity contribution in [1.29, 1.82) is 0 Å². The summed E-state index contributed by atoms with van der Waals surface area (Å²) >= 11 is 0. The van der Waals surface area contributed by atoms with Crippen LogP contribution in [0.5, 0.6) is 0 Å². The van der Waals surface area contributed by atoms with E-state index < -0.39 is 0 Å². The van der Waals surface area contributed by atoms with Gasteiger partial charge in [0.25, 0.3) is 0 Å². The van der Waals surface area contributed by atoms with Crippen LogP contribution in [-0.2, 0) is 6.42 Å². The lowest BCUT2D eigenvalue weighted by molar-refractivity contribution is 0.119. The average molecular weight is 244 g/mol. The van der Waals surface area contributed by atoms with Crippen LogP contribution in [0.1, 0.15) is 43.4 Å². The van der Waals surface area contributed by atoms with Gasteiger partial charge in [-0.1, -0.05) is 31.2 Å². The Bertz CT molecular complexity index is 396. The monoisotopic (exact) mass is 244 g/mol. The fraction of sp³-hybridized carbons (Fsp3) is 0.625. The number of benzene rings is 1. The molecule has 2 heteroatoms. The lowest BCUT2D eigenvalue weighted by Crippen LogP contribution is -2.47. The van der Waals surface area contributed by atoms with E-state index in [0.717, 1.165) is 6.04 Å². The van der Waals surface area contributed by atoms with E-state index in [0.29, 0.717) is 6.04 Å². The Hall–Kier alpha value is -0.860. The summed E-state index contributed by atoms with van der Waals surface area (Å²) in [4.78, 5) is 2.73. The highest BCUT2D eigenvalue weighted by atomic mass is 15.2. The van der Waals surface area contributed by atoms with Gasteiger partial charge in [-0.15, -0.1) is 0 Å². The maximum absolute atomic E-state index is 3.56. The number of likely N-dealkylation sites (N-methyl/N-ethyl adjacent to an activating group) is 1. The molecule has 0 spiro atoms. The third kappa shape index (κ3) is 2.19. The molecule has 0 amide bonds. The highest BCUT2D eigenvalue weighted by molar-refractivity contribution is 5.34. The van der Waals surface area contributed by atoms with Gasteiger partial charge in [-0.25, -0.2) is 0 Å². The van der Waals surface area contributed by atoms with Crippen molar-refractivity contribution < 1.29 is 0 Å². The van der Waals surface area contributed by atoms with Crippen molar-refractivity contribution in [2.75, 3.05) is 19.6 Å². The van der Waals surface area contributed by atoms with E-state index in [1.54, 1.807) is 11.1 Å². The zero-order valence-corrected chi connectivity index (χ0v) is 11.4. The van der Waals surface area contributed by atoms with Gasteiger partial charge in [0, 0.05) is 18.6 Å². The highest BCUT2D eigenvalue weighted by Crippen LogP contribution is 2.37. The SMILES string of the molecule is CCN(C1CCCNC1)C1CCc2ccccc21. The predicted octanol–water partition coefficient (Wildman–Crippen LogP) is 2.75. The maximum atomic E-state index is 3.56. The first kappa shape index (κ1) is 12.2. The van der Waals surface area contributed by atoms with Crippen LogP contribution in [0.3, 0.4) is 0 Å². The number of aryl methyl sites for hydroxylation is 1. The van der Waals surface area contributed by atoms with E-state index in [2.05, 4.69) is 41.4 Å². The number of nitrogens with zero attached hydrogens (tertiary/aromatic N) is 1. The molecule has 1 fully saturated rings. The summed E-state index contributed by atoms with van der Waals surface area (Å²) < 4.78 is 0. The number of nitrogens with one attached hydrogen (secondary N) is 1. The van der Waals surface area contributed by atoms with Crippen molar-refractivity contribution in [3.05, 3.63) is 35.4 Å². The van der Waals surface area contributed by atoms with E-state index in [9.17, 15) is 0 Å². The van der Waals surface area contributed by atoms with Crippen molar-refractivity contribution in [3.63, 3.8) is 0 Å². The minimum atomic E-state index is 0.663. The van der Waals surface area contributed by atoms with Crippen molar-refractivity contribution >= 4 is 0 Å². The fourth-order valence-electron chi connectivity index (χ4n) is 3.73. The summed E-state index contributed by atoms with van der Waals surface area (Å²) in [5.41, 5.74) is 3.16. The minimum absolute atomic E-state index is 0.663. The van der Waals surface area contributed by atoms with Crippen LogP contribution in [0.2, 0.25) is 0 Å². The molecule has 0 saturated carbocycles. The summed E-state index contributed by atoms with van der Waals surface area (Å²) in [5, 5.41) is 3.56. The van der Waals surface area contributed by atoms with Gasteiger partial charge >= 0.3 is 0 Å². The fourth-order valence-corrected chi connectivity index (χ4v) is 3.73. The lowest BCUT2D eigenvalue weighted by atomic mass is 10.0. The van der Waals surface area contributed by atoms with Gasteiger partial charge in [-0.3, -0.25) is 4.90 Å². The molecule has 0 bridgehead atoms. The van der Waals surface area contributed by atoms with Crippen molar-refractivity contribution in [2.45, 2.75) is 44.7 Å². The van der Waals surface area contributed by atoms with Crippen LogP contribution in [0.15, 0.2) is 24.3 Å². The van der Waals surface area contributed by atoms with Gasteiger partial charge in [0.05, 0.1) is 0 Å². The Kier molecular flexibility index (Phi) is 3.67. The third-order valence-corrected chi connectivity index (χ3v) is 4.61. The summed E-state index contributed by atoms with van der Waals surface area (Å²) in [5.74, 6) is 0. The molecule has 2 unspecified atom stereocenters. The maximum Gasteiger partial charge on any atom is 0.0357 e. The molecule has 1 saturated heterocycles. The molecule has 1 aliphatic carbocycles. The smallest absolute Gasteiger partial charge is 0.0357 e. The van der Waals surface area contributed by atoms with Gasteiger partial charge in [0.15, 0.2) is 0 Å². The summed E-state index contributed by atoms with van der Waals surface area (Å²) in [6, 6.07) is 10.4. The number of hydrogen-bond donors (Lipinski definition) is 1. The van der Waals surface area contributed by atoms with Gasteiger partial charge in [0.2, 0.25) is 0 Å². The van der Waals surface area contributed by atoms with Crippen LogP contribution in [0, 0.1) is 0 Å². The largest absolute Gasteiger partial charge is 0.315 e. The molecular formula is C16H24N2. The molecule has 98 valence electrons. The molecule has 2 aliphatic rings. The molecule has 1 N–H and O–H groups in total. The summed E-state index contributed by atoms with van der Waals surface area (Å²) in [6.45, 7) is 5.86. The number of fused-ring (bicyclic) bond motifs is 1. The quantitative estimate of drug-likeness (QED) is 0.879. The van der Waals surface area contributed by atoms with Crippen molar-refractivity contribution in [3.8, 4) is 0 Å². The Labute approximate surface area is 110 Å². The van der Waals surface area contributed by atoms with Crippen LogP contribution in [0.25, 0.3) is 0 Å². The van der Waals surface area contributed by atoms with Crippen LogP contribution in [0.4, 0.5) is 0 Å². The van der Waals surface area contributed by atoms with Gasteiger partial charge < -0.3 is 5.32 Å². The van der Waals surface area contributed by atoms with Gasteiger partial charge in [0.1, 0.15) is 0 Å². The second kappa shape index (κ2) is 5.41. The van der Waals surface area contributed by atoms with E-state index >= 15 is 0 Å². The zero-order chi connectivity index (χ0) is 12.4. The Balaban J connectivity index is 1.80. The summed E-state index contributed by atoms with van der Waals surface area (Å²) in [7, 11) is 0. The Morgan fingerprint density at radius 1 is 1.28 bits per heavy atom. The van der Waals surface area contributed by atoms with E-state index in [1.165, 1.54) is 45.3 Å². The van der Waals surface area contributed by atoms with E-state index in [-0.39, 0.29) is 0 Å². The molecule has 1 aromatic rings. The van der Waals surface area contributed by atoms with Crippen molar-refractivity contribution in [1.82, 2.24) is 10.2 Å². The normalized spacial score (nSPS) is 27.4. The standard InChI is InChI=1S/C16H24N2/c1-2-18(14-7-5-11-17-12-14)16-10-9-13-6-3-4-8-15(13)16/h3-4,6,8,14,16-17H,2,5,7,9-12H2,1H3. The molecular weight excluding hydrogens is 220 g/mol. The van der Waals surface area contributed by atoms with Gasteiger partial charge in [-0.2, -0.15) is 0 Å². The average Bonchev–Trinajstić information content (AvgIpc) is 2.85. The first-order valence-corrected chi connectivity index (χ1v) is 7.44. The molecule has 1 aliphatic heterocycles. The van der Waals surface area contributed by atoms with Crippen LogP contribution >= 0.6 is 0 Å². The minimum Gasteiger partial charge on any atom is -0.315 e. The lowest BCUT2D eigenvalue weighted by Gasteiger charge is -2.38. The van der Waals surface area contributed by atoms with Crippen LogP contribution in [-0.4, -0.2) is 30.6 Å². The molecule has 1 aromatic carbocycles. The molecule has 0 radical (unpaired) electrons. The highest BCUT2D eigenvalue weighted by Gasteiger charge is 2.31. The van der Waals surface area contributed by atoms with E-state index in [1.807, 2.05) is 0 Å². The Morgan fingerprint density at radius 3 is 2.94 bits per heavy atom. The molecule has 1 heterocycles. The molecule has 0 aromatic heterocycles.